The lowest BCUT2D eigenvalue weighted by Gasteiger charge is -2.23. The molecule has 2 amide bonds. The van der Waals surface area contributed by atoms with Crippen LogP contribution < -0.4 is 19.7 Å². The lowest BCUT2D eigenvalue weighted by molar-refractivity contribution is 0.256. The highest BCUT2D eigenvalue weighted by molar-refractivity contribution is 6.01. The van der Waals surface area contributed by atoms with Gasteiger partial charge in [-0.1, -0.05) is 48.5 Å². The van der Waals surface area contributed by atoms with Crippen LogP contribution in [0.25, 0.3) is 0 Å². The molecule has 0 atom stereocenters. The molecule has 5 nitrogen and oxygen atoms in total. The predicted molar refractivity (Wildman–Crippen MR) is 108 cm³/mol. The van der Waals surface area contributed by atoms with E-state index in [1.54, 1.807) is 37.3 Å². The van der Waals surface area contributed by atoms with Crippen molar-refractivity contribution in [1.82, 2.24) is 0 Å². The van der Waals surface area contributed by atoms with Gasteiger partial charge in [0.1, 0.15) is 0 Å². The van der Waals surface area contributed by atoms with Crippen LogP contribution in [-0.2, 0) is 6.54 Å². The lowest BCUT2D eigenvalue weighted by atomic mass is 10.2. The van der Waals surface area contributed by atoms with Gasteiger partial charge in [-0.3, -0.25) is 4.90 Å². The van der Waals surface area contributed by atoms with Crippen molar-refractivity contribution >= 4 is 17.4 Å². The fraction of sp³-hybridized carbons (Fsp3) is 0.136. The van der Waals surface area contributed by atoms with Gasteiger partial charge in [0, 0.05) is 17.4 Å². The van der Waals surface area contributed by atoms with Crippen molar-refractivity contribution in [3.63, 3.8) is 0 Å². The molecule has 3 aromatic carbocycles. The molecular formula is C22H22N2O3. The van der Waals surface area contributed by atoms with Gasteiger partial charge < -0.3 is 14.8 Å². The molecule has 0 aliphatic carbocycles. The van der Waals surface area contributed by atoms with E-state index in [0.717, 1.165) is 11.3 Å². The molecule has 0 saturated heterocycles. The van der Waals surface area contributed by atoms with Crippen molar-refractivity contribution in [3.8, 4) is 11.5 Å². The molecule has 27 heavy (non-hydrogen) atoms. The Bertz CT molecular complexity index is 883. The molecule has 0 aliphatic heterocycles. The Hall–Kier alpha value is -3.47. The summed E-state index contributed by atoms with van der Waals surface area (Å²) >= 11 is 0. The van der Waals surface area contributed by atoms with Gasteiger partial charge in [-0.25, -0.2) is 4.79 Å². The van der Waals surface area contributed by atoms with Crippen LogP contribution in [0.4, 0.5) is 16.2 Å². The number of urea groups is 1. The summed E-state index contributed by atoms with van der Waals surface area (Å²) in [6, 6.07) is 24.5. The molecule has 3 rings (SSSR count). The molecular weight excluding hydrogens is 340 g/mol. The number of benzene rings is 3. The summed E-state index contributed by atoms with van der Waals surface area (Å²) in [6.07, 6.45) is 0. The number of hydrogen-bond donors (Lipinski definition) is 1. The first-order valence-electron chi connectivity index (χ1n) is 8.61. The van der Waals surface area contributed by atoms with E-state index in [-0.39, 0.29) is 6.03 Å². The van der Waals surface area contributed by atoms with Crippen LogP contribution in [0.2, 0.25) is 0 Å². The van der Waals surface area contributed by atoms with Crippen molar-refractivity contribution in [3.05, 3.63) is 84.4 Å². The molecule has 0 saturated carbocycles. The van der Waals surface area contributed by atoms with E-state index in [9.17, 15) is 4.79 Å². The highest BCUT2D eigenvalue weighted by atomic mass is 16.5. The summed E-state index contributed by atoms with van der Waals surface area (Å²) in [5.41, 5.74) is 2.50. The third-order valence-corrected chi connectivity index (χ3v) is 4.13. The van der Waals surface area contributed by atoms with Gasteiger partial charge in [0.25, 0.3) is 0 Å². The van der Waals surface area contributed by atoms with Crippen LogP contribution in [0.3, 0.4) is 0 Å². The number of hydrogen-bond acceptors (Lipinski definition) is 3. The molecule has 0 fully saturated rings. The van der Waals surface area contributed by atoms with Crippen LogP contribution in [0.5, 0.6) is 11.5 Å². The number of carbonyl (C=O) groups is 1. The van der Waals surface area contributed by atoms with E-state index < -0.39 is 0 Å². The van der Waals surface area contributed by atoms with Gasteiger partial charge in [-0.2, -0.15) is 0 Å². The van der Waals surface area contributed by atoms with Gasteiger partial charge in [0.15, 0.2) is 11.5 Å². The van der Waals surface area contributed by atoms with Crippen molar-refractivity contribution in [2.45, 2.75) is 6.54 Å². The number of nitrogens with zero attached hydrogens (tertiary/aromatic N) is 1. The molecule has 0 bridgehead atoms. The fourth-order valence-electron chi connectivity index (χ4n) is 2.76. The van der Waals surface area contributed by atoms with Crippen LogP contribution in [-0.4, -0.2) is 20.3 Å². The van der Waals surface area contributed by atoms with E-state index in [1.807, 2.05) is 60.7 Å². The molecule has 3 aromatic rings. The van der Waals surface area contributed by atoms with Gasteiger partial charge in [0.05, 0.1) is 20.8 Å². The maximum atomic E-state index is 13.0. The Kier molecular flexibility index (Phi) is 5.94. The minimum atomic E-state index is -0.225. The fourth-order valence-corrected chi connectivity index (χ4v) is 2.76. The van der Waals surface area contributed by atoms with Crippen molar-refractivity contribution in [2.75, 3.05) is 24.4 Å². The first-order valence-corrected chi connectivity index (χ1v) is 8.61. The molecule has 0 aliphatic rings. The minimum absolute atomic E-state index is 0.225. The normalized spacial score (nSPS) is 10.1. The largest absolute Gasteiger partial charge is 0.493 e. The smallest absolute Gasteiger partial charge is 0.326 e. The molecule has 138 valence electrons. The molecule has 0 aromatic heterocycles. The molecule has 0 heterocycles. The second-order valence-corrected chi connectivity index (χ2v) is 5.91. The average molecular weight is 362 g/mol. The van der Waals surface area contributed by atoms with Crippen molar-refractivity contribution in [1.29, 1.82) is 0 Å². The van der Waals surface area contributed by atoms with Crippen LogP contribution in [0, 0.1) is 0 Å². The first-order chi connectivity index (χ1) is 13.2. The lowest BCUT2D eigenvalue weighted by Crippen LogP contribution is -2.34. The number of nitrogens with one attached hydrogen (secondary N) is 1. The van der Waals surface area contributed by atoms with E-state index in [2.05, 4.69) is 5.32 Å². The highest BCUT2D eigenvalue weighted by Gasteiger charge is 2.17. The number of carbonyl (C=O) groups excluding carboxylic acids is 1. The molecule has 1 N–H and O–H groups in total. The van der Waals surface area contributed by atoms with Crippen LogP contribution in [0.1, 0.15) is 5.56 Å². The third kappa shape index (κ3) is 4.58. The van der Waals surface area contributed by atoms with Crippen molar-refractivity contribution < 1.29 is 14.3 Å². The Labute approximate surface area is 159 Å². The number of methoxy groups -OCH3 is 2. The number of anilines is 2. The number of amides is 2. The zero-order chi connectivity index (χ0) is 19.1. The third-order valence-electron chi connectivity index (χ3n) is 4.13. The van der Waals surface area contributed by atoms with E-state index in [4.69, 9.17) is 9.47 Å². The summed E-state index contributed by atoms with van der Waals surface area (Å²) in [6.45, 7) is 0.462. The first kappa shape index (κ1) is 18.3. The van der Waals surface area contributed by atoms with Gasteiger partial charge >= 0.3 is 6.03 Å². The van der Waals surface area contributed by atoms with Crippen LogP contribution >= 0.6 is 0 Å². The second-order valence-electron chi connectivity index (χ2n) is 5.91. The minimum Gasteiger partial charge on any atom is -0.493 e. The maximum Gasteiger partial charge on any atom is 0.326 e. The standard InChI is InChI=1S/C22H22N2O3/c1-26-20-14-13-18(15-21(20)27-2)23-22(25)24(19-11-7-4-8-12-19)16-17-9-5-3-6-10-17/h3-15H,16H2,1-2H3,(H,23,25). The zero-order valence-corrected chi connectivity index (χ0v) is 15.4. The number of para-hydroxylation sites is 1. The maximum absolute atomic E-state index is 13.0. The molecule has 5 heteroatoms. The summed E-state index contributed by atoms with van der Waals surface area (Å²) in [5.74, 6) is 1.17. The van der Waals surface area contributed by atoms with Gasteiger partial charge in [0.2, 0.25) is 0 Å². The molecule has 0 radical (unpaired) electrons. The van der Waals surface area contributed by atoms with Gasteiger partial charge in [-0.05, 0) is 29.8 Å². The van der Waals surface area contributed by atoms with E-state index in [1.165, 1.54) is 0 Å². The quantitative estimate of drug-likeness (QED) is 0.675. The van der Waals surface area contributed by atoms with E-state index in [0.29, 0.717) is 23.7 Å². The molecule has 0 unspecified atom stereocenters. The van der Waals surface area contributed by atoms with Crippen LogP contribution in [0.15, 0.2) is 78.9 Å². The SMILES string of the molecule is COc1ccc(NC(=O)N(Cc2ccccc2)c2ccccc2)cc1OC. The second kappa shape index (κ2) is 8.76. The van der Waals surface area contributed by atoms with E-state index >= 15 is 0 Å². The Morgan fingerprint density at radius 1 is 0.852 bits per heavy atom. The predicted octanol–water partition coefficient (Wildman–Crippen LogP) is 4.94. The Balaban J connectivity index is 1.85. The zero-order valence-electron chi connectivity index (χ0n) is 15.4. The summed E-state index contributed by atoms with van der Waals surface area (Å²) in [4.78, 5) is 14.7. The number of rotatable bonds is 6. The highest BCUT2D eigenvalue weighted by Crippen LogP contribution is 2.30. The summed E-state index contributed by atoms with van der Waals surface area (Å²) < 4.78 is 10.6. The Morgan fingerprint density at radius 3 is 2.11 bits per heavy atom. The number of ether oxygens (including phenoxy) is 2. The van der Waals surface area contributed by atoms with Gasteiger partial charge in [-0.15, -0.1) is 0 Å². The Morgan fingerprint density at radius 2 is 1.48 bits per heavy atom. The summed E-state index contributed by atoms with van der Waals surface area (Å²) in [7, 11) is 3.14. The summed E-state index contributed by atoms with van der Waals surface area (Å²) in [5, 5.41) is 2.94. The topological polar surface area (TPSA) is 50.8 Å². The monoisotopic (exact) mass is 362 g/mol. The molecule has 0 spiro atoms. The van der Waals surface area contributed by atoms with Crippen molar-refractivity contribution in [2.24, 2.45) is 0 Å². The average Bonchev–Trinajstić information content (AvgIpc) is 2.73.